The lowest BCUT2D eigenvalue weighted by Gasteiger charge is -2.33. The summed E-state index contributed by atoms with van der Waals surface area (Å²) in [6.45, 7) is 4.40. The SMILES string of the molecule is CC(=O)c1ccc(S(=O)(=O)N2CCOC(c3ccccc3C)C2)cc1. The van der Waals surface area contributed by atoms with Crippen LogP contribution in [-0.4, -0.2) is 38.2 Å². The molecule has 132 valence electrons. The van der Waals surface area contributed by atoms with Crippen LogP contribution in [0.1, 0.15) is 34.5 Å². The minimum absolute atomic E-state index is 0.0880. The molecule has 1 saturated heterocycles. The summed E-state index contributed by atoms with van der Waals surface area (Å²) in [5.74, 6) is -0.0880. The Morgan fingerprint density at radius 1 is 1.12 bits per heavy atom. The van der Waals surface area contributed by atoms with E-state index in [0.29, 0.717) is 18.7 Å². The lowest BCUT2D eigenvalue weighted by atomic mass is 10.0. The summed E-state index contributed by atoms with van der Waals surface area (Å²) in [6.07, 6.45) is -0.277. The Morgan fingerprint density at radius 3 is 2.44 bits per heavy atom. The highest BCUT2D eigenvalue weighted by molar-refractivity contribution is 7.89. The predicted molar refractivity (Wildman–Crippen MR) is 95.1 cm³/mol. The second kappa shape index (κ2) is 7.07. The van der Waals surface area contributed by atoms with Gasteiger partial charge in [0, 0.05) is 18.7 Å². The second-order valence-electron chi connectivity index (χ2n) is 6.16. The van der Waals surface area contributed by atoms with E-state index < -0.39 is 10.0 Å². The molecule has 2 aromatic rings. The van der Waals surface area contributed by atoms with E-state index in [1.807, 2.05) is 31.2 Å². The van der Waals surface area contributed by atoms with Crippen LogP contribution in [0.4, 0.5) is 0 Å². The molecule has 5 nitrogen and oxygen atoms in total. The fourth-order valence-electron chi connectivity index (χ4n) is 2.99. The van der Waals surface area contributed by atoms with Crippen LogP contribution < -0.4 is 0 Å². The number of Topliss-reactive ketones (excluding diaryl/α,β-unsaturated/α-hetero) is 1. The maximum absolute atomic E-state index is 12.9. The van der Waals surface area contributed by atoms with Crippen molar-refractivity contribution in [3.8, 4) is 0 Å². The van der Waals surface area contributed by atoms with Gasteiger partial charge in [-0.3, -0.25) is 4.79 Å². The Kier molecular flexibility index (Phi) is 5.03. The zero-order chi connectivity index (χ0) is 18.0. The van der Waals surface area contributed by atoms with E-state index in [0.717, 1.165) is 11.1 Å². The molecule has 1 atom stereocenters. The first-order valence-electron chi connectivity index (χ1n) is 8.18. The molecule has 0 saturated carbocycles. The van der Waals surface area contributed by atoms with Gasteiger partial charge in [0.25, 0.3) is 0 Å². The third-order valence-corrected chi connectivity index (χ3v) is 6.34. The number of benzene rings is 2. The molecule has 1 unspecified atom stereocenters. The van der Waals surface area contributed by atoms with Crippen LogP contribution in [0.15, 0.2) is 53.4 Å². The third-order valence-electron chi connectivity index (χ3n) is 4.46. The van der Waals surface area contributed by atoms with Crippen molar-refractivity contribution in [2.45, 2.75) is 24.8 Å². The number of carbonyl (C=O) groups excluding carboxylic acids is 1. The Hall–Kier alpha value is -2.02. The van der Waals surface area contributed by atoms with Gasteiger partial charge in [-0.25, -0.2) is 8.42 Å². The first-order chi connectivity index (χ1) is 11.9. The van der Waals surface area contributed by atoms with E-state index in [2.05, 4.69) is 0 Å². The smallest absolute Gasteiger partial charge is 0.243 e. The van der Waals surface area contributed by atoms with Gasteiger partial charge >= 0.3 is 0 Å². The third kappa shape index (κ3) is 3.66. The molecule has 2 aromatic carbocycles. The first-order valence-corrected chi connectivity index (χ1v) is 9.62. The molecule has 0 radical (unpaired) electrons. The molecule has 0 bridgehead atoms. The van der Waals surface area contributed by atoms with Crippen molar-refractivity contribution in [1.29, 1.82) is 0 Å². The normalized spacial score (nSPS) is 18.9. The number of ether oxygens (including phenoxy) is 1. The maximum atomic E-state index is 12.9. The Balaban J connectivity index is 1.85. The summed E-state index contributed by atoms with van der Waals surface area (Å²) in [7, 11) is -3.62. The number of aryl methyl sites for hydroxylation is 1. The van der Waals surface area contributed by atoms with Gasteiger partial charge in [-0.15, -0.1) is 0 Å². The highest BCUT2D eigenvalue weighted by Crippen LogP contribution is 2.28. The zero-order valence-electron chi connectivity index (χ0n) is 14.3. The minimum Gasteiger partial charge on any atom is -0.371 e. The van der Waals surface area contributed by atoms with Gasteiger partial charge in [0.15, 0.2) is 5.78 Å². The Labute approximate surface area is 148 Å². The van der Waals surface area contributed by atoms with Gasteiger partial charge in [0.1, 0.15) is 0 Å². The van der Waals surface area contributed by atoms with Crippen molar-refractivity contribution < 1.29 is 17.9 Å². The topological polar surface area (TPSA) is 63.7 Å². The van der Waals surface area contributed by atoms with Crippen molar-refractivity contribution in [3.63, 3.8) is 0 Å². The lowest BCUT2D eigenvalue weighted by Crippen LogP contribution is -2.42. The molecule has 1 heterocycles. The molecular formula is C19H21NO4S. The Bertz CT molecular complexity index is 875. The first kappa shape index (κ1) is 17.8. The predicted octanol–water partition coefficient (Wildman–Crippen LogP) is 2.96. The quantitative estimate of drug-likeness (QED) is 0.788. The van der Waals surface area contributed by atoms with Crippen LogP contribution in [0, 0.1) is 6.92 Å². The van der Waals surface area contributed by atoms with Gasteiger partial charge in [0.2, 0.25) is 10.0 Å². The molecule has 25 heavy (non-hydrogen) atoms. The van der Waals surface area contributed by atoms with Crippen molar-refractivity contribution in [3.05, 3.63) is 65.2 Å². The molecular weight excluding hydrogens is 338 g/mol. The van der Waals surface area contributed by atoms with Crippen LogP contribution in [0.2, 0.25) is 0 Å². The number of morpholine rings is 1. The number of hydrogen-bond donors (Lipinski definition) is 0. The van der Waals surface area contributed by atoms with Crippen LogP contribution in [0.25, 0.3) is 0 Å². The zero-order valence-corrected chi connectivity index (χ0v) is 15.1. The largest absolute Gasteiger partial charge is 0.371 e. The van der Waals surface area contributed by atoms with Gasteiger partial charge in [-0.1, -0.05) is 36.4 Å². The summed E-state index contributed by atoms with van der Waals surface area (Å²) >= 11 is 0. The van der Waals surface area contributed by atoms with Crippen molar-refractivity contribution in [2.75, 3.05) is 19.7 Å². The van der Waals surface area contributed by atoms with Gasteiger partial charge < -0.3 is 4.74 Å². The number of rotatable bonds is 4. The number of ketones is 1. The average molecular weight is 359 g/mol. The minimum atomic E-state index is -3.62. The van der Waals surface area contributed by atoms with Gasteiger partial charge in [-0.2, -0.15) is 4.31 Å². The molecule has 0 aromatic heterocycles. The van der Waals surface area contributed by atoms with Crippen molar-refractivity contribution in [2.24, 2.45) is 0 Å². The highest BCUT2D eigenvalue weighted by Gasteiger charge is 2.32. The number of carbonyl (C=O) groups is 1. The molecule has 1 aliphatic heterocycles. The van der Waals surface area contributed by atoms with Gasteiger partial charge in [-0.05, 0) is 37.1 Å². The van der Waals surface area contributed by atoms with E-state index in [-0.39, 0.29) is 23.3 Å². The van der Waals surface area contributed by atoms with E-state index in [1.54, 1.807) is 12.1 Å². The molecule has 1 aliphatic rings. The van der Waals surface area contributed by atoms with Crippen LogP contribution in [-0.2, 0) is 14.8 Å². The fraction of sp³-hybridized carbons (Fsp3) is 0.316. The molecule has 0 N–H and O–H groups in total. The summed E-state index contributed by atoms with van der Waals surface area (Å²) in [5, 5.41) is 0. The molecule has 0 amide bonds. The second-order valence-corrected chi connectivity index (χ2v) is 8.10. The molecule has 1 fully saturated rings. The molecule has 0 aliphatic carbocycles. The van der Waals surface area contributed by atoms with Crippen molar-refractivity contribution in [1.82, 2.24) is 4.31 Å². The number of hydrogen-bond acceptors (Lipinski definition) is 4. The van der Waals surface area contributed by atoms with E-state index in [9.17, 15) is 13.2 Å². The van der Waals surface area contributed by atoms with Crippen LogP contribution in [0.3, 0.4) is 0 Å². The molecule has 6 heteroatoms. The van der Waals surface area contributed by atoms with Crippen molar-refractivity contribution >= 4 is 15.8 Å². The fourth-order valence-corrected chi connectivity index (χ4v) is 4.42. The highest BCUT2D eigenvalue weighted by atomic mass is 32.2. The summed E-state index contributed by atoms with van der Waals surface area (Å²) < 4.78 is 33.1. The van der Waals surface area contributed by atoms with E-state index in [4.69, 9.17) is 4.74 Å². The number of sulfonamides is 1. The summed E-state index contributed by atoms with van der Waals surface area (Å²) in [6, 6.07) is 13.9. The van der Waals surface area contributed by atoms with E-state index in [1.165, 1.54) is 23.4 Å². The number of nitrogens with zero attached hydrogens (tertiary/aromatic N) is 1. The van der Waals surface area contributed by atoms with Crippen LogP contribution >= 0.6 is 0 Å². The standard InChI is InChI=1S/C19H21NO4S/c1-14-5-3-4-6-18(14)19-13-20(11-12-24-19)25(22,23)17-9-7-16(8-10-17)15(2)21/h3-10,19H,11-13H2,1-2H3. The maximum Gasteiger partial charge on any atom is 0.243 e. The summed E-state index contributed by atoms with van der Waals surface area (Å²) in [4.78, 5) is 11.6. The monoisotopic (exact) mass is 359 g/mol. The molecule has 0 spiro atoms. The van der Waals surface area contributed by atoms with Crippen LogP contribution in [0.5, 0.6) is 0 Å². The van der Waals surface area contributed by atoms with Gasteiger partial charge in [0.05, 0.1) is 17.6 Å². The van der Waals surface area contributed by atoms with E-state index >= 15 is 0 Å². The Morgan fingerprint density at radius 2 is 1.80 bits per heavy atom. The lowest BCUT2D eigenvalue weighted by molar-refractivity contribution is -0.00288. The average Bonchev–Trinajstić information content (AvgIpc) is 2.62. The molecule has 3 rings (SSSR count). The summed E-state index contributed by atoms with van der Waals surface area (Å²) in [5.41, 5.74) is 2.59.